The minimum Gasteiger partial charge on any atom is -0.337 e. The van der Waals surface area contributed by atoms with Crippen molar-refractivity contribution >= 4 is 23.5 Å². The molecule has 10 nitrogen and oxygen atoms in total. The maximum absolute atomic E-state index is 13.5. The predicted octanol–water partition coefficient (Wildman–Crippen LogP) is 0.732. The van der Waals surface area contributed by atoms with Crippen LogP contribution < -0.4 is 0 Å². The van der Waals surface area contributed by atoms with Gasteiger partial charge in [0.1, 0.15) is 0 Å². The van der Waals surface area contributed by atoms with E-state index in [0.29, 0.717) is 32.0 Å². The van der Waals surface area contributed by atoms with E-state index in [-0.39, 0.29) is 23.3 Å². The van der Waals surface area contributed by atoms with Crippen molar-refractivity contribution < 1.29 is 14.0 Å². The molecule has 1 fully saturated rings. The molecule has 2 aromatic rings. The molecule has 0 bridgehead atoms. The van der Waals surface area contributed by atoms with Gasteiger partial charge in [-0.15, -0.1) is 10.2 Å². The van der Waals surface area contributed by atoms with Gasteiger partial charge in [-0.2, -0.15) is 10.1 Å². The van der Waals surface area contributed by atoms with Crippen LogP contribution in [-0.2, 0) is 4.79 Å². The van der Waals surface area contributed by atoms with Gasteiger partial charge in [-0.3, -0.25) is 9.59 Å². The number of aliphatic imine (C=N–C) groups is 2. The van der Waals surface area contributed by atoms with Crippen LogP contribution in [0.5, 0.6) is 0 Å². The van der Waals surface area contributed by atoms with Gasteiger partial charge in [-0.25, -0.2) is 14.1 Å². The lowest BCUT2D eigenvalue weighted by molar-refractivity contribution is -0.120. The number of piperazine rings is 1. The summed E-state index contributed by atoms with van der Waals surface area (Å²) < 4.78 is 15.2. The first kappa shape index (κ1) is 19.8. The molecule has 156 valence electrons. The van der Waals surface area contributed by atoms with Crippen molar-refractivity contribution in [2.75, 3.05) is 26.2 Å². The van der Waals surface area contributed by atoms with Gasteiger partial charge in [0.2, 0.25) is 12.1 Å². The topological polar surface area (TPSA) is 109 Å². The molecule has 4 heterocycles. The highest BCUT2D eigenvalue weighted by molar-refractivity contribution is 6.16. The second kappa shape index (κ2) is 7.73. The van der Waals surface area contributed by atoms with Gasteiger partial charge in [-0.1, -0.05) is 0 Å². The van der Waals surface area contributed by atoms with Crippen LogP contribution in [0.4, 0.5) is 4.39 Å². The first-order valence-electron chi connectivity index (χ1n) is 9.57. The van der Waals surface area contributed by atoms with Crippen molar-refractivity contribution in [1.82, 2.24) is 29.8 Å². The molecule has 2 amide bonds. The van der Waals surface area contributed by atoms with Gasteiger partial charge in [-0.05, 0) is 39.0 Å². The first-order valence-corrected chi connectivity index (χ1v) is 9.57. The second-order valence-electron chi connectivity index (χ2n) is 7.26. The molecule has 1 saturated heterocycles. The molecule has 1 atom stereocenters. The average molecular weight is 412 g/mol. The first-order chi connectivity index (χ1) is 14.3. The lowest BCUT2D eigenvalue weighted by Gasteiger charge is -2.35. The number of amides is 2. The quantitative estimate of drug-likeness (QED) is 0.720. The number of aromatic nitrogens is 4. The van der Waals surface area contributed by atoms with Crippen LogP contribution in [0.3, 0.4) is 0 Å². The van der Waals surface area contributed by atoms with E-state index in [1.165, 1.54) is 6.92 Å². The van der Waals surface area contributed by atoms with Crippen molar-refractivity contribution in [2.24, 2.45) is 9.98 Å². The van der Waals surface area contributed by atoms with E-state index in [1.54, 1.807) is 26.6 Å². The van der Waals surface area contributed by atoms with E-state index >= 15 is 0 Å². The third-order valence-electron chi connectivity index (χ3n) is 5.02. The third kappa shape index (κ3) is 3.70. The van der Waals surface area contributed by atoms with E-state index in [9.17, 15) is 14.0 Å². The van der Waals surface area contributed by atoms with Crippen molar-refractivity contribution in [3.05, 3.63) is 35.3 Å². The van der Waals surface area contributed by atoms with Gasteiger partial charge in [0.15, 0.2) is 11.5 Å². The molecular formula is C19H21FN8O2. The number of hydrogen-bond acceptors (Lipinski definition) is 7. The fourth-order valence-electron chi connectivity index (χ4n) is 3.40. The van der Waals surface area contributed by atoms with Crippen molar-refractivity contribution in [1.29, 1.82) is 0 Å². The summed E-state index contributed by atoms with van der Waals surface area (Å²) in [7, 11) is 0. The maximum atomic E-state index is 13.5. The summed E-state index contributed by atoms with van der Waals surface area (Å²) in [6, 6.07) is 5.28. The maximum Gasteiger partial charge on any atom is 0.289 e. The van der Waals surface area contributed by atoms with Crippen molar-refractivity contribution in [2.45, 2.75) is 26.9 Å². The van der Waals surface area contributed by atoms with Crippen LogP contribution in [0.15, 0.2) is 28.2 Å². The molecule has 30 heavy (non-hydrogen) atoms. The molecular weight excluding hydrogens is 391 g/mol. The van der Waals surface area contributed by atoms with Crippen LogP contribution in [0.2, 0.25) is 0 Å². The standard InChI is InChI=1S/C19H21FN8O2/c1-11-10-12(2)28(25-11)15-5-4-14(23-24-15)18(30)26-6-8-27(9-7-26)19-21-13(3)16(20)17(29)22-19/h4-5,10,16H,6-9H2,1-3H3. The Hall–Kier alpha value is -3.50. The summed E-state index contributed by atoms with van der Waals surface area (Å²) in [6.07, 6.45) is -1.77. The van der Waals surface area contributed by atoms with E-state index in [2.05, 4.69) is 25.3 Å². The molecule has 0 N–H and O–H groups in total. The Balaban J connectivity index is 1.41. The zero-order valence-electron chi connectivity index (χ0n) is 16.9. The number of nitrogens with zero attached hydrogens (tertiary/aromatic N) is 8. The molecule has 0 saturated carbocycles. The minimum atomic E-state index is -1.77. The summed E-state index contributed by atoms with van der Waals surface area (Å²) in [5, 5.41) is 12.6. The SMILES string of the molecule is CC1=NC(N2CCN(C(=O)c3ccc(-n4nc(C)cc4C)nn3)CC2)=NC(=O)C1F. The molecule has 0 aliphatic carbocycles. The molecule has 11 heteroatoms. The van der Waals surface area contributed by atoms with Gasteiger partial charge in [0.05, 0.1) is 11.4 Å². The largest absolute Gasteiger partial charge is 0.337 e. The van der Waals surface area contributed by atoms with Crippen molar-refractivity contribution in [3.63, 3.8) is 0 Å². The lowest BCUT2D eigenvalue weighted by Crippen LogP contribution is -2.51. The minimum absolute atomic E-state index is 0.0986. The number of alkyl halides is 1. The summed E-state index contributed by atoms with van der Waals surface area (Å²) in [5.41, 5.74) is 2.14. The van der Waals surface area contributed by atoms with E-state index in [4.69, 9.17) is 0 Å². The number of aryl methyl sites for hydroxylation is 2. The summed E-state index contributed by atoms with van der Waals surface area (Å²) >= 11 is 0. The zero-order chi connectivity index (χ0) is 21.4. The van der Waals surface area contributed by atoms with Crippen LogP contribution in [0, 0.1) is 13.8 Å². The highest BCUT2D eigenvalue weighted by Gasteiger charge is 2.30. The predicted molar refractivity (Wildman–Crippen MR) is 107 cm³/mol. The highest BCUT2D eigenvalue weighted by atomic mass is 19.1. The molecule has 2 aliphatic heterocycles. The molecule has 0 radical (unpaired) electrons. The van der Waals surface area contributed by atoms with Crippen LogP contribution >= 0.6 is 0 Å². The Labute approximate surface area is 172 Å². The number of guanidine groups is 1. The molecule has 2 aliphatic rings. The molecule has 2 aromatic heterocycles. The fourth-order valence-corrected chi connectivity index (χ4v) is 3.40. The Morgan fingerprint density at radius 3 is 2.37 bits per heavy atom. The second-order valence-corrected chi connectivity index (χ2v) is 7.26. The Morgan fingerprint density at radius 2 is 1.80 bits per heavy atom. The van der Waals surface area contributed by atoms with Crippen LogP contribution in [0.25, 0.3) is 5.82 Å². The van der Waals surface area contributed by atoms with E-state index in [1.807, 2.05) is 19.9 Å². The summed E-state index contributed by atoms with van der Waals surface area (Å²) in [4.78, 5) is 35.6. The number of carbonyl (C=O) groups excluding carboxylic acids is 2. The van der Waals surface area contributed by atoms with E-state index < -0.39 is 12.1 Å². The number of rotatable bonds is 2. The Bertz CT molecular complexity index is 1050. The number of hydrogen-bond donors (Lipinski definition) is 0. The van der Waals surface area contributed by atoms with Crippen LogP contribution in [-0.4, -0.2) is 85.6 Å². The third-order valence-corrected chi connectivity index (χ3v) is 5.02. The number of halogens is 1. The van der Waals surface area contributed by atoms with Gasteiger partial charge >= 0.3 is 0 Å². The monoisotopic (exact) mass is 412 g/mol. The van der Waals surface area contributed by atoms with Crippen LogP contribution in [0.1, 0.15) is 28.8 Å². The van der Waals surface area contributed by atoms with Gasteiger partial charge < -0.3 is 9.80 Å². The normalized spacial score (nSPS) is 19.6. The molecule has 1 unspecified atom stereocenters. The smallest absolute Gasteiger partial charge is 0.289 e. The lowest BCUT2D eigenvalue weighted by atomic mass is 10.2. The number of carbonyl (C=O) groups is 2. The molecule has 0 spiro atoms. The average Bonchev–Trinajstić information content (AvgIpc) is 3.09. The Kier molecular flexibility index (Phi) is 5.10. The fraction of sp³-hybridized carbons (Fsp3) is 0.421. The Morgan fingerprint density at radius 1 is 1.07 bits per heavy atom. The summed E-state index contributed by atoms with van der Waals surface area (Å²) in [6.45, 7) is 6.95. The van der Waals surface area contributed by atoms with Gasteiger partial charge in [0, 0.05) is 31.9 Å². The summed E-state index contributed by atoms with van der Waals surface area (Å²) in [5.74, 6) is -0.324. The van der Waals surface area contributed by atoms with Gasteiger partial charge in [0.25, 0.3) is 11.8 Å². The van der Waals surface area contributed by atoms with E-state index in [0.717, 1.165) is 11.4 Å². The van der Waals surface area contributed by atoms with Crippen molar-refractivity contribution in [3.8, 4) is 5.82 Å². The molecule has 0 aromatic carbocycles. The highest BCUT2D eigenvalue weighted by Crippen LogP contribution is 2.14. The molecule has 4 rings (SSSR count). The zero-order valence-corrected chi connectivity index (χ0v) is 16.9.